The van der Waals surface area contributed by atoms with Gasteiger partial charge in [-0.2, -0.15) is 0 Å². The Balaban J connectivity index is 0.00000200. The molecule has 2 rings (SSSR count). The van der Waals surface area contributed by atoms with E-state index in [0.717, 1.165) is 42.2 Å². The first-order valence-corrected chi connectivity index (χ1v) is 7.97. The van der Waals surface area contributed by atoms with Gasteiger partial charge in [0, 0.05) is 25.5 Å². The molecule has 0 spiro atoms. The average Bonchev–Trinajstić information content (AvgIpc) is 3.11. The average molecular weight is 408 g/mol. The topological polar surface area (TPSA) is 40.5 Å². The van der Waals surface area contributed by atoms with Gasteiger partial charge in [-0.25, -0.2) is 4.98 Å². The van der Waals surface area contributed by atoms with Gasteiger partial charge in [0.25, 0.3) is 0 Å². The molecule has 0 aliphatic heterocycles. The Morgan fingerprint density at radius 3 is 2.85 bits per heavy atom. The van der Waals surface area contributed by atoms with Crippen molar-refractivity contribution in [2.75, 3.05) is 20.1 Å². The number of hydrogen-bond acceptors (Lipinski definition) is 3. The van der Waals surface area contributed by atoms with E-state index in [1.54, 1.807) is 11.3 Å². The molecule has 1 aliphatic rings. The molecular formula is C14H25IN4S. The van der Waals surface area contributed by atoms with E-state index in [9.17, 15) is 0 Å². The van der Waals surface area contributed by atoms with Gasteiger partial charge in [0.1, 0.15) is 0 Å². The third kappa shape index (κ3) is 5.95. The lowest BCUT2D eigenvalue weighted by Crippen LogP contribution is -2.38. The third-order valence-electron chi connectivity index (χ3n) is 3.26. The smallest absolute Gasteiger partial charge is 0.194 e. The molecule has 1 fully saturated rings. The maximum Gasteiger partial charge on any atom is 0.194 e. The second-order valence-corrected chi connectivity index (χ2v) is 6.24. The molecule has 4 nitrogen and oxygen atoms in total. The summed E-state index contributed by atoms with van der Waals surface area (Å²) in [6.07, 6.45) is 4.04. The van der Waals surface area contributed by atoms with Crippen molar-refractivity contribution in [3.8, 4) is 0 Å². The fourth-order valence-electron chi connectivity index (χ4n) is 2.03. The highest BCUT2D eigenvalue weighted by atomic mass is 127. The highest BCUT2D eigenvalue weighted by Gasteiger charge is 2.20. The van der Waals surface area contributed by atoms with Crippen LogP contribution < -0.4 is 5.32 Å². The molecule has 0 aromatic carbocycles. The minimum Gasteiger partial charge on any atom is -0.357 e. The van der Waals surface area contributed by atoms with E-state index in [-0.39, 0.29) is 24.0 Å². The Hall–Kier alpha value is -0.370. The van der Waals surface area contributed by atoms with E-state index in [0.29, 0.717) is 0 Å². The van der Waals surface area contributed by atoms with Crippen LogP contribution >= 0.6 is 35.3 Å². The monoisotopic (exact) mass is 408 g/mol. The molecule has 1 saturated carbocycles. The molecule has 0 unspecified atom stereocenters. The van der Waals surface area contributed by atoms with Crippen LogP contribution in [0.2, 0.25) is 0 Å². The lowest BCUT2D eigenvalue weighted by atomic mass is 10.3. The molecule has 0 saturated heterocycles. The van der Waals surface area contributed by atoms with Crippen molar-refractivity contribution in [3.05, 3.63) is 16.1 Å². The van der Waals surface area contributed by atoms with Gasteiger partial charge in [0.15, 0.2) is 5.96 Å². The summed E-state index contributed by atoms with van der Waals surface area (Å²) in [6.45, 7) is 6.82. The number of nitrogens with one attached hydrogen (secondary N) is 1. The Labute approximate surface area is 143 Å². The molecule has 1 aliphatic carbocycles. The number of nitrogens with zero attached hydrogens (tertiary/aromatic N) is 3. The van der Waals surface area contributed by atoms with Gasteiger partial charge in [-0.1, -0.05) is 12.8 Å². The molecule has 0 radical (unpaired) electrons. The fraction of sp³-hybridized carbons (Fsp3) is 0.714. The Bertz CT molecular complexity index is 429. The number of aromatic nitrogens is 1. The summed E-state index contributed by atoms with van der Waals surface area (Å²) >= 11 is 1.70. The first-order valence-electron chi connectivity index (χ1n) is 7.09. The second kappa shape index (κ2) is 8.81. The summed E-state index contributed by atoms with van der Waals surface area (Å²) in [7, 11) is 2.08. The van der Waals surface area contributed by atoms with Gasteiger partial charge in [0.2, 0.25) is 0 Å². The van der Waals surface area contributed by atoms with Crippen LogP contribution in [0.15, 0.2) is 10.4 Å². The maximum absolute atomic E-state index is 4.70. The van der Waals surface area contributed by atoms with Crippen LogP contribution in [-0.4, -0.2) is 36.0 Å². The molecule has 0 amide bonds. The lowest BCUT2D eigenvalue weighted by molar-refractivity contribution is 0.470. The molecular weight excluding hydrogens is 383 g/mol. The lowest BCUT2D eigenvalue weighted by Gasteiger charge is -2.21. The SMILES string of the molecule is CCNC(=NCCC1CC1)N(C)Cc1csc(C)n1.I. The quantitative estimate of drug-likeness (QED) is 0.446. The molecule has 1 aromatic rings. The van der Waals surface area contributed by atoms with Gasteiger partial charge >= 0.3 is 0 Å². The molecule has 1 N–H and O–H groups in total. The zero-order valence-electron chi connectivity index (χ0n) is 12.6. The molecule has 114 valence electrons. The predicted molar refractivity (Wildman–Crippen MR) is 97.1 cm³/mol. The van der Waals surface area contributed by atoms with Crippen LogP contribution in [0.4, 0.5) is 0 Å². The van der Waals surface area contributed by atoms with Crippen LogP contribution in [0, 0.1) is 12.8 Å². The van der Waals surface area contributed by atoms with Crippen LogP contribution in [0.3, 0.4) is 0 Å². The number of hydrogen-bond donors (Lipinski definition) is 1. The summed E-state index contributed by atoms with van der Waals surface area (Å²) < 4.78 is 0. The number of aryl methyl sites for hydroxylation is 1. The van der Waals surface area contributed by atoms with Gasteiger partial charge in [-0.15, -0.1) is 35.3 Å². The summed E-state index contributed by atoms with van der Waals surface area (Å²) in [4.78, 5) is 11.4. The number of guanidine groups is 1. The number of thiazole rings is 1. The van der Waals surface area contributed by atoms with Crippen LogP contribution in [0.5, 0.6) is 0 Å². The minimum absolute atomic E-state index is 0. The zero-order chi connectivity index (χ0) is 13.7. The molecule has 0 atom stereocenters. The highest BCUT2D eigenvalue weighted by Crippen LogP contribution is 2.32. The van der Waals surface area contributed by atoms with E-state index in [4.69, 9.17) is 4.99 Å². The van der Waals surface area contributed by atoms with Crippen molar-refractivity contribution >= 4 is 41.3 Å². The molecule has 20 heavy (non-hydrogen) atoms. The molecule has 6 heteroatoms. The predicted octanol–water partition coefficient (Wildman–Crippen LogP) is 3.27. The van der Waals surface area contributed by atoms with E-state index < -0.39 is 0 Å². The summed E-state index contributed by atoms with van der Waals surface area (Å²) in [5, 5.41) is 6.60. The van der Waals surface area contributed by atoms with Gasteiger partial charge in [0.05, 0.1) is 17.2 Å². The second-order valence-electron chi connectivity index (χ2n) is 5.18. The highest BCUT2D eigenvalue weighted by molar-refractivity contribution is 14.0. The van der Waals surface area contributed by atoms with Crippen molar-refractivity contribution < 1.29 is 0 Å². The van der Waals surface area contributed by atoms with Crippen molar-refractivity contribution in [3.63, 3.8) is 0 Å². The summed E-state index contributed by atoms with van der Waals surface area (Å²) in [5.41, 5.74) is 1.12. The van der Waals surface area contributed by atoms with Crippen LogP contribution in [0.1, 0.15) is 36.9 Å². The first-order chi connectivity index (χ1) is 9.19. The van der Waals surface area contributed by atoms with Crippen LogP contribution in [-0.2, 0) is 6.54 Å². The van der Waals surface area contributed by atoms with Gasteiger partial charge in [-0.3, -0.25) is 4.99 Å². The van der Waals surface area contributed by atoms with Crippen molar-refractivity contribution in [1.29, 1.82) is 0 Å². The third-order valence-corrected chi connectivity index (χ3v) is 4.08. The standard InChI is InChI=1S/C14H24N4S.HI/c1-4-15-14(16-8-7-12-5-6-12)18(3)9-13-10-19-11(2)17-13;/h10,12H,4-9H2,1-3H3,(H,15,16);1H. The van der Waals surface area contributed by atoms with Gasteiger partial charge < -0.3 is 10.2 Å². The Morgan fingerprint density at radius 1 is 1.55 bits per heavy atom. The van der Waals surface area contributed by atoms with Crippen LogP contribution in [0.25, 0.3) is 0 Å². The van der Waals surface area contributed by atoms with E-state index in [2.05, 4.69) is 34.6 Å². The number of aliphatic imine (C=N–C) groups is 1. The Kier molecular flexibility index (Phi) is 7.79. The minimum atomic E-state index is 0. The molecule has 0 bridgehead atoms. The van der Waals surface area contributed by atoms with Crippen molar-refractivity contribution in [2.45, 2.75) is 39.7 Å². The number of rotatable bonds is 6. The zero-order valence-corrected chi connectivity index (χ0v) is 15.7. The molecule has 1 aromatic heterocycles. The van der Waals surface area contributed by atoms with Gasteiger partial charge in [-0.05, 0) is 26.2 Å². The van der Waals surface area contributed by atoms with E-state index in [1.165, 1.54) is 19.3 Å². The fourth-order valence-corrected chi connectivity index (χ4v) is 2.63. The summed E-state index contributed by atoms with van der Waals surface area (Å²) in [5.74, 6) is 1.94. The largest absolute Gasteiger partial charge is 0.357 e. The first kappa shape index (κ1) is 17.7. The summed E-state index contributed by atoms with van der Waals surface area (Å²) in [6, 6.07) is 0. The van der Waals surface area contributed by atoms with E-state index in [1.807, 2.05) is 6.92 Å². The number of halogens is 1. The normalized spacial score (nSPS) is 14.8. The van der Waals surface area contributed by atoms with Crippen molar-refractivity contribution in [1.82, 2.24) is 15.2 Å². The van der Waals surface area contributed by atoms with Crippen molar-refractivity contribution in [2.24, 2.45) is 10.9 Å². The molecule has 1 heterocycles. The Morgan fingerprint density at radius 2 is 2.30 bits per heavy atom. The van der Waals surface area contributed by atoms with E-state index >= 15 is 0 Å². The maximum atomic E-state index is 4.70.